The van der Waals surface area contributed by atoms with Crippen LogP contribution in [0, 0.1) is 34.5 Å². The van der Waals surface area contributed by atoms with Crippen molar-refractivity contribution < 1.29 is 9.59 Å². The fraction of sp³-hybridized carbons (Fsp3) is 0.810. The molecule has 4 rings (SSSR count). The van der Waals surface area contributed by atoms with Gasteiger partial charge >= 0.3 is 0 Å². The predicted molar refractivity (Wildman–Crippen MR) is 90.9 cm³/mol. The third-order valence-corrected chi connectivity index (χ3v) is 8.48. The Morgan fingerprint density at radius 1 is 1.13 bits per heavy atom. The van der Waals surface area contributed by atoms with E-state index in [4.69, 9.17) is 0 Å². The van der Waals surface area contributed by atoms with Gasteiger partial charge < -0.3 is 0 Å². The van der Waals surface area contributed by atoms with Crippen molar-refractivity contribution in [2.75, 3.05) is 0 Å². The SMILES string of the molecule is CC(=O)C1=CC[C@@]2(C)[C@@H](CC[C@@H]3[C@H]4CCC(=O)[C@@]4(C)CC[C@@H]32)C1. The van der Waals surface area contributed by atoms with E-state index < -0.39 is 0 Å². The number of fused-ring (bicyclic) bond motifs is 5. The van der Waals surface area contributed by atoms with Crippen LogP contribution in [0.2, 0.25) is 0 Å². The lowest BCUT2D eigenvalue weighted by atomic mass is 9.45. The van der Waals surface area contributed by atoms with Crippen molar-refractivity contribution in [2.24, 2.45) is 34.5 Å². The molecule has 126 valence electrons. The van der Waals surface area contributed by atoms with E-state index in [9.17, 15) is 9.59 Å². The number of Topliss-reactive ketones (excluding diaryl/α,β-unsaturated/α-hetero) is 2. The first-order valence-corrected chi connectivity index (χ1v) is 9.59. The third kappa shape index (κ3) is 2.06. The third-order valence-electron chi connectivity index (χ3n) is 8.48. The maximum absolute atomic E-state index is 12.4. The van der Waals surface area contributed by atoms with Gasteiger partial charge in [0.2, 0.25) is 0 Å². The number of carbonyl (C=O) groups is 2. The highest BCUT2D eigenvalue weighted by atomic mass is 16.1. The van der Waals surface area contributed by atoms with E-state index in [1.54, 1.807) is 6.92 Å². The summed E-state index contributed by atoms with van der Waals surface area (Å²) in [5, 5.41) is 0. The van der Waals surface area contributed by atoms with Gasteiger partial charge in [-0.1, -0.05) is 19.9 Å². The maximum atomic E-state index is 12.4. The zero-order valence-electron chi connectivity index (χ0n) is 14.9. The molecule has 0 bridgehead atoms. The topological polar surface area (TPSA) is 34.1 Å². The van der Waals surface area contributed by atoms with Gasteiger partial charge in [0.1, 0.15) is 5.78 Å². The van der Waals surface area contributed by atoms with E-state index in [1.807, 2.05) is 0 Å². The largest absolute Gasteiger partial charge is 0.299 e. The van der Waals surface area contributed by atoms with Crippen molar-refractivity contribution >= 4 is 11.6 Å². The van der Waals surface area contributed by atoms with Gasteiger partial charge in [-0.2, -0.15) is 0 Å². The molecular formula is C21H30O2. The number of hydrogen-bond acceptors (Lipinski definition) is 2. The minimum Gasteiger partial charge on any atom is -0.299 e. The van der Waals surface area contributed by atoms with Crippen LogP contribution < -0.4 is 0 Å². The molecule has 0 aromatic carbocycles. The van der Waals surface area contributed by atoms with Crippen LogP contribution >= 0.6 is 0 Å². The molecule has 0 unspecified atom stereocenters. The molecule has 3 saturated carbocycles. The summed E-state index contributed by atoms with van der Waals surface area (Å²) in [6.45, 7) is 6.46. The predicted octanol–water partition coefficient (Wildman–Crippen LogP) is 4.72. The van der Waals surface area contributed by atoms with Gasteiger partial charge in [-0.3, -0.25) is 9.59 Å². The molecule has 2 heteroatoms. The summed E-state index contributed by atoms with van der Waals surface area (Å²) >= 11 is 0. The molecule has 6 atom stereocenters. The van der Waals surface area contributed by atoms with Crippen LogP contribution in [0.1, 0.15) is 72.1 Å². The van der Waals surface area contributed by atoms with Crippen LogP contribution in [0.5, 0.6) is 0 Å². The highest BCUT2D eigenvalue weighted by molar-refractivity contribution is 5.93. The van der Waals surface area contributed by atoms with Crippen LogP contribution in [0.3, 0.4) is 0 Å². The molecule has 4 aliphatic rings. The van der Waals surface area contributed by atoms with E-state index in [0.29, 0.717) is 23.0 Å². The molecule has 0 aromatic rings. The van der Waals surface area contributed by atoms with E-state index in [-0.39, 0.29) is 11.2 Å². The van der Waals surface area contributed by atoms with Crippen LogP contribution in [-0.4, -0.2) is 11.6 Å². The minimum absolute atomic E-state index is 0.0145. The van der Waals surface area contributed by atoms with Crippen molar-refractivity contribution in [3.63, 3.8) is 0 Å². The van der Waals surface area contributed by atoms with Gasteiger partial charge in [-0.15, -0.1) is 0 Å². The summed E-state index contributed by atoms with van der Waals surface area (Å²) in [6.07, 6.45) is 11.1. The molecule has 0 saturated heterocycles. The summed E-state index contributed by atoms with van der Waals surface area (Å²) in [6, 6.07) is 0. The minimum atomic E-state index is -0.0145. The Balaban J connectivity index is 1.64. The smallest absolute Gasteiger partial charge is 0.155 e. The Morgan fingerprint density at radius 2 is 1.91 bits per heavy atom. The Bertz CT molecular complexity index is 589. The summed E-state index contributed by atoms with van der Waals surface area (Å²) in [4.78, 5) is 24.2. The second-order valence-corrected chi connectivity index (χ2v) is 9.27. The molecular weight excluding hydrogens is 284 g/mol. The van der Waals surface area contributed by atoms with Gasteiger partial charge in [-0.25, -0.2) is 0 Å². The van der Waals surface area contributed by atoms with Crippen LogP contribution in [0.25, 0.3) is 0 Å². The lowest BCUT2D eigenvalue weighted by Crippen LogP contribution is -2.52. The average Bonchev–Trinajstić information content (AvgIpc) is 2.82. The first-order chi connectivity index (χ1) is 10.9. The zero-order chi connectivity index (χ0) is 16.4. The average molecular weight is 314 g/mol. The highest BCUT2D eigenvalue weighted by Crippen LogP contribution is 2.65. The summed E-state index contributed by atoms with van der Waals surface area (Å²) in [7, 11) is 0. The van der Waals surface area contributed by atoms with Crippen molar-refractivity contribution in [2.45, 2.75) is 72.1 Å². The number of hydrogen-bond donors (Lipinski definition) is 0. The van der Waals surface area contributed by atoms with Crippen molar-refractivity contribution in [1.29, 1.82) is 0 Å². The number of rotatable bonds is 1. The molecule has 0 spiro atoms. The van der Waals surface area contributed by atoms with Crippen LogP contribution in [-0.2, 0) is 9.59 Å². The van der Waals surface area contributed by atoms with Crippen LogP contribution in [0.15, 0.2) is 11.6 Å². The van der Waals surface area contributed by atoms with Crippen molar-refractivity contribution in [3.05, 3.63) is 11.6 Å². The number of allylic oxidation sites excluding steroid dienone is 2. The Labute approximate surface area is 140 Å². The van der Waals surface area contributed by atoms with Gasteiger partial charge in [0.25, 0.3) is 0 Å². The fourth-order valence-corrected chi connectivity index (χ4v) is 6.94. The lowest BCUT2D eigenvalue weighted by molar-refractivity contribution is -0.136. The molecule has 0 amide bonds. The summed E-state index contributed by atoms with van der Waals surface area (Å²) in [5.74, 6) is 3.62. The molecule has 0 radical (unpaired) electrons. The van der Waals surface area contributed by atoms with Crippen molar-refractivity contribution in [1.82, 2.24) is 0 Å². The van der Waals surface area contributed by atoms with E-state index in [0.717, 1.165) is 49.5 Å². The van der Waals surface area contributed by atoms with Gasteiger partial charge in [0.05, 0.1) is 0 Å². The molecule has 3 fully saturated rings. The van der Waals surface area contributed by atoms with Crippen molar-refractivity contribution in [3.8, 4) is 0 Å². The first-order valence-electron chi connectivity index (χ1n) is 9.59. The Hall–Kier alpha value is -0.920. The zero-order valence-corrected chi connectivity index (χ0v) is 14.9. The number of carbonyl (C=O) groups excluding carboxylic acids is 2. The second kappa shape index (κ2) is 5.04. The van der Waals surface area contributed by atoms with Gasteiger partial charge in [-0.05, 0) is 86.5 Å². The van der Waals surface area contributed by atoms with Gasteiger partial charge in [0.15, 0.2) is 5.78 Å². The molecule has 23 heavy (non-hydrogen) atoms. The van der Waals surface area contributed by atoms with Crippen LogP contribution in [0.4, 0.5) is 0 Å². The van der Waals surface area contributed by atoms with Gasteiger partial charge in [0, 0.05) is 11.8 Å². The second-order valence-electron chi connectivity index (χ2n) is 9.27. The molecule has 0 heterocycles. The fourth-order valence-electron chi connectivity index (χ4n) is 6.94. The monoisotopic (exact) mass is 314 g/mol. The molecule has 2 nitrogen and oxygen atoms in total. The molecule has 0 aromatic heterocycles. The van der Waals surface area contributed by atoms with E-state index in [2.05, 4.69) is 19.9 Å². The molecule has 4 aliphatic carbocycles. The normalized spacial score (nSPS) is 49.0. The maximum Gasteiger partial charge on any atom is 0.155 e. The standard InChI is InChI=1S/C21H30O2/c1-13(22)14-8-10-20(2)15(12-14)4-5-16-17-6-7-19(23)21(17,3)11-9-18(16)20/h8,15-18H,4-7,9-12H2,1-3H3/t15-,16+,17+,18-,20-,21-/m0/s1. The lowest BCUT2D eigenvalue weighted by Gasteiger charge is -2.59. The quantitative estimate of drug-likeness (QED) is 0.701. The van der Waals surface area contributed by atoms with E-state index >= 15 is 0 Å². The highest BCUT2D eigenvalue weighted by Gasteiger charge is 2.59. The molecule has 0 N–H and O–H groups in total. The molecule has 0 aliphatic heterocycles. The summed E-state index contributed by atoms with van der Waals surface area (Å²) < 4.78 is 0. The van der Waals surface area contributed by atoms with E-state index in [1.165, 1.54) is 19.3 Å². The first kappa shape index (κ1) is 15.6. The summed E-state index contributed by atoms with van der Waals surface area (Å²) in [5.41, 5.74) is 1.41. The Morgan fingerprint density at radius 3 is 2.65 bits per heavy atom. The number of ketones is 2. The Kier molecular flexibility index (Phi) is 3.42.